The summed E-state index contributed by atoms with van der Waals surface area (Å²) in [7, 11) is 0. The third-order valence-electron chi connectivity index (χ3n) is 3.33. The van der Waals surface area contributed by atoms with E-state index in [2.05, 4.69) is 15.8 Å². The summed E-state index contributed by atoms with van der Waals surface area (Å²) in [6.45, 7) is 1.96. The van der Waals surface area contributed by atoms with Gasteiger partial charge in [-0.05, 0) is 36.0 Å². The number of nitrogens with one attached hydrogen (secondary N) is 2. The van der Waals surface area contributed by atoms with E-state index in [1.54, 1.807) is 6.21 Å². The van der Waals surface area contributed by atoms with Crippen molar-refractivity contribution < 1.29 is 13.2 Å². The van der Waals surface area contributed by atoms with E-state index in [9.17, 15) is 13.2 Å². The van der Waals surface area contributed by atoms with E-state index in [4.69, 9.17) is 23.8 Å². The van der Waals surface area contributed by atoms with Crippen LogP contribution in [0.2, 0.25) is 5.02 Å². The predicted molar refractivity (Wildman–Crippen MR) is 99.2 cm³/mol. The molecule has 0 aliphatic carbocycles. The molecule has 2 aromatic rings. The molecule has 1 atom stereocenters. The Bertz CT molecular complexity index is 763. The third kappa shape index (κ3) is 5.72. The average Bonchev–Trinajstić information content (AvgIpc) is 2.56. The van der Waals surface area contributed by atoms with Crippen molar-refractivity contribution in [2.45, 2.75) is 19.0 Å². The minimum atomic E-state index is -4.46. The standard InChI is InChI=1S/C17H15ClF3N3S/c1-11(12-5-3-2-4-6-12)10-22-24-16(25)23-15-9-13(17(19,20)21)7-8-14(15)18/h2-11H,1H3,(H2,23,24,25). The molecule has 8 heteroatoms. The van der Waals surface area contributed by atoms with Crippen molar-refractivity contribution in [1.82, 2.24) is 5.43 Å². The number of hydrogen-bond acceptors (Lipinski definition) is 2. The second-order valence-electron chi connectivity index (χ2n) is 5.24. The zero-order valence-electron chi connectivity index (χ0n) is 13.1. The van der Waals surface area contributed by atoms with E-state index < -0.39 is 11.7 Å². The lowest BCUT2D eigenvalue weighted by Crippen LogP contribution is -2.24. The van der Waals surface area contributed by atoms with Crippen LogP contribution in [0.5, 0.6) is 0 Å². The number of thiocarbonyl (C=S) groups is 1. The first-order valence-electron chi connectivity index (χ1n) is 7.29. The fraction of sp³-hybridized carbons (Fsp3) is 0.176. The Morgan fingerprint density at radius 2 is 1.88 bits per heavy atom. The second-order valence-corrected chi connectivity index (χ2v) is 6.05. The zero-order valence-corrected chi connectivity index (χ0v) is 14.7. The van der Waals surface area contributed by atoms with Crippen LogP contribution >= 0.6 is 23.8 Å². The molecule has 0 aliphatic heterocycles. The normalized spacial score (nSPS) is 12.8. The summed E-state index contributed by atoms with van der Waals surface area (Å²) >= 11 is 10.9. The van der Waals surface area contributed by atoms with Gasteiger partial charge in [-0.2, -0.15) is 18.3 Å². The average molecular weight is 386 g/mol. The van der Waals surface area contributed by atoms with E-state index >= 15 is 0 Å². The van der Waals surface area contributed by atoms with E-state index in [1.165, 1.54) is 0 Å². The molecule has 0 aliphatic rings. The smallest absolute Gasteiger partial charge is 0.330 e. The second kappa shape index (κ2) is 8.31. The SMILES string of the molecule is CC(C=NNC(=S)Nc1cc(C(F)(F)F)ccc1Cl)c1ccccc1. The van der Waals surface area contributed by atoms with E-state index in [-0.39, 0.29) is 21.7 Å². The van der Waals surface area contributed by atoms with Gasteiger partial charge in [-0.15, -0.1) is 0 Å². The number of hydrazone groups is 1. The number of rotatable bonds is 4. The van der Waals surface area contributed by atoms with Crippen molar-refractivity contribution >= 4 is 40.8 Å². The molecule has 25 heavy (non-hydrogen) atoms. The summed E-state index contributed by atoms with van der Waals surface area (Å²) in [5, 5.41) is 6.77. The number of halogens is 4. The Morgan fingerprint density at radius 3 is 2.52 bits per heavy atom. The highest BCUT2D eigenvalue weighted by Gasteiger charge is 2.31. The first-order chi connectivity index (χ1) is 11.8. The monoisotopic (exact) mass is 385 g/mol. The Morgan fingerprint density at radius 1 is 1.20 bits per heavy atom. The van der Waals surface area contributed by atoms with Crippen molar-refractivity contribution in [2.24, 2.45) is 5.10 Å². The molecule has 0 aromatic heterocycles. The van der Waals surface area contributed by atoms with Gasteiger partial charge < -0.3 is 5.32 Å². The van der Waals surface area contributed by atoms with Crippen LogP contribution in [0, 0.1) is 0 Å². The minimum absolute atomic E-state index is 0.0396. The van der Waals surface area contributed by atoms with Gasteiger partial charge in [-0.1, -0.05) is 48.9 Å². The maximum atomic E-state index is 12.7. The van der Waals surface area contributed by atoms with Gasteiger partial charge in [0.25, 0.3) is 0 Å². The number of alkyl halides is 3. The molecule has 0 saturated carbocycles. The molecule has 2 aromatic carbocycles. The van der Waals surface area contributed by atoms with Crippen molar-refractivity contribution in [3.05, 3.63) is 64.7 Å². The molecule has 0 spiro atoms. The van der Waals surface area contributed by atoms with Gasteiger partial charge in [0.2, 0.25) is 0 Å². The molecule has 0 radical (unpaired) electrons. The maximum absolute atomic E-state index is 12.7. The highest BCUT2D eigenvalue weighted by molar-refractivity contribution is 7.80. The molecule has 2 N–H and O–H groups in total. The number of hydrogen-bond donors (Lipinski definition) is 2. The molecule has 0 saturated heterocycles. The van der Waals surface area contributed by atoms with Gasteiger partial charge in [0.15, 0.2) is 5.11 Å². The van der Waals surface area contributed by atoms with Gasteiger partial charge in [-0.3, -0.25) is 5.43 Å². The fourth-order valence-corrected chi connectivity index (χ4v) is 2.33. The molecule has 0 amide bonds. The Labute approximate surface area is 153 Å². The lowest BCUT2D eigenvalue weighted by Gasteiger charge is -2.12. The van der Waals surface area contributed by atoms with Crippen LogP contribution in [0.25, 0.3) is 0 Å². The maximum Gasteiger partial charge on any atom is 0.416 e. The molecule has 132 valence electrons. The number of nitrogens with zero attached hydrogens (tertiary/aromatic N) is 1. The highest BCUT2D eigenvalue weighted by atomic mass is 35.5. The van der Waals surface area contributed by atoms with Crippen LogP contribution in [0.1, 0.15) is 24.0 Å². The quantitative estimate of drug-likeness (QED) is 0.418. The van der Waals surface area contributed by atoms with Crippen LogP contribution in [-0.2, 0) is 6.18 Å². The first kappa shape index (κ1) is 19.2. The molecule has 0 heterocycles. The molecule has 2 rings (SSSR count). The summed E-state index contributed by atoms with van der Waals surface area (Å²) in [4.78, 5) is 0. The third-order valence-corrected chi connectivity index (χ3v) is 3.85. The van der Waals surface area contributed by atoms with Crippen molar-refractivity contribution in [3.8, 4) is 0 Å². The first-order valence-corrected chi connectivity index (χ1v) is 8.08. The van der Waals surface area contributed by atoms with Crippen molar-refractivity contribution in [2.75, 3.05) is 5.32 Å². The van der Waals surface area contributed by atoms with Crippen molar-refractivity contribution in [3.63, 3.8) is 0 Å². The zero-order chi connectivity index (χ0) is 18.4. The van der Waals surface area contributed by atoms with Crippen LogP contribution in [0.3, 0.4) is 0 Å². The van der Waals surface area contributed by atoms with Gasteiger partial charge in [0.1, 0.15) is 0 Å². The lowest BCUT2D eigenvalue weighted by molar-refractivity contribution is -0.137. The number of anilines is 1. The Hall–Kier alpha value is -2.12. The number of benzene rings is 2. The summed E-state index contributed by atoms with van der Waals surface area (Å²) in [6, 6.07) is 12.7. The molecular weight excluding hydrogens is 371 g/mol. The molecule has 1 unspecified atom stereocenters. The minimum Gasteiger partial charge on any atom is -0.330 e. The largest absolute Gasteiger partial charge is 0.416 e. The van der Waals surface area contributed by atoms with Crippen LogP contribution in [-0.4, -0.2) is 11.3 Å². The Balaban J connectivity index is 1.97. The summed E-state index contributed by atoms with van der Waals surface area (Å²) in [5.41, 5.74) is 2.88. The summed E-state index contributed by atoms with van der Waals surface area (Å²) in [6.07, 6.45) is -2.81. The molecular formula is C17H15ClF3N3S. The summed E-state index contributed by atoms with van der Waals surface area (Å²) in [5.74, 6) is 0.0497. The predicted octanol–water partition coefficient (Wildman–Crippen LogP) is 5.43. The van der Waals surface area contributed by atoms with E-state index in [0.29, 0.717) is 0 Å². The molecule has 0 fully saturated rings. The molecule has 0 bridgehead atoms. The van der Waals surface area contributed by atoms with Crippen LogP contribution in [0.4, 0.5) is 18.9 Å². The van der Waals surface area contributed by atoms with Gasteiger partial charge in [-0.25, -0.2) is 0 Å². The van der Waals surface area contributed by atoms with Crippen LogP contribution in [0.15, 0.2) is 53.6 Å². The van der Waals surface area contributed by atoms with Crippen molar-refractivity contribution in [1.29, 1.82) is 0 Å². The highest BCUT2D eigenvalue weighted by Crippen LogP contribution is 2.33. The van der Waals surface area contributed by atoms with E-state index in [0.717, 1.165) is 23.8 Å². The van der Waals surface area contributed by atoms with Crippen LogP contribution < -0.4 is 10.7 Å². The van der Waals surface area contributed by atoms with Gasteiger partial charge >= 0.3 is 6.18 Å². The summed E-state index contributed by atoms with van der Waals surface area (Å²) < 4.78 is 38.2. The lowest BCUT2D eigenvalue weighted by atomic mass is 10.0. The van der Waals surface area contributed by atoms with Gasteiger partial charge in [0.05, 0.1) is 16.3 Å². The molecule has 3 nitrogen and oxygen atoms in total. The Kier molecular flexibility index (Phi) is 6.39. The topological polar surface area (TPSA) is 36.4 Å². The fourth-order valence-electron chi connectivity index (χ4n) is 2.00. The van der Waals surface area contributed by atoms with Gasteiger partial charge in [0, 0.05) is 12.1 Å². The van der Waals surface area contributed by atoms with E-state index in [1.807, 2.05) is 37.3 Å².